The highest BCUT2D eigenvalue weighted by Crippen LogP contribution is 2.27. The Kier molecular flexibility index (Phi) is 4.12. The molecule has 16 heavy (non-hydrogen) atoms. The van der Waals surface area contributed by atoms with E-state index in [0.29, 0.717) is 0 Å². The Morgan fingerprint density at radius 2 is 2.06 bits per heavy atom. The van der Waals surface area contributed by atoms with Crippen LogP contribution >= 0.6 is 22.3 Å². The van der Waals surface area contributed by atoms with E-state index in [-0.39, 0.29) is 15.6 Å². The quantitative estimate of drug-likeness (QED) is 0.866. The summed E-state index contributed by atoms with van der Waals surface area (Å²) in [5.74, 6) is -0.889. The predicted octanol–water partition coefficient (Wildman–Crippen LogP) is 2.18. The lowest BCUT2D eigenvalue weighted by Gasteiger charge is -2.05. The molecule has 88 valence electrons. The number of alkyl halides is 1. The smallest absolute Gasteiger partial charge is 0.262 e. The molecule has 0 saturated heterocycles. The summed E-state index contributed by atoms with van der Waals surface area (Å²) < 4.78 is 34.0. The molecule has 0 radical (unpaired) electrons. The first-order valence-corrected chi connectivity index (χ1v) is 6.63. The topological polar surface area (TPSA) is 63.2 Å². The molecule has 1 aromatic carbocycles. The average Bonchev–Trinajstić information content (AvgIpc) is 2.19. The number of carbonyl (C=O) groups is 1. The summed E-state index contributed by atoms with van der Waals surface area (Å²) in [6.07, 6.45) is 0. The van der Waals surface area contributed by atoms with E-state index in [4.69, 9.17) is 22.3 Å². The van der Waals surface area contributed by atoms with E-state index in [9.17, 15) is 17.6 Å². The van der Waals surface area contributed by atoms with Gasteiger partial charge in [-0.3, -0.25) is 4.79 Å². The molecule has 8 heteroatoms. The van der Waals surface area contributed by atoms with Crippen molar-refractivity contribution in [3.05, 3.63) is 23.2 Å². The third kappa shape index (κ3) is 3.33. The number of halogens is 3. The lowest BCUT2D eigenvalue weighted by molar-refractivity contribution is -0.117. The van der Waals surface area contributed by atoms with Crippen LogP contribution in [0.2, 0.25) is 5.02 Å². The van der Waals surface area contributed by atoms with E-state index in [1.54, 1.807) is 0 Å². The summed E-state index contributed by atoms with van der Waals surface area (Å²) in [6.45, 7) is -1.20. The van der Waals surface area contributed by atoms with Crippen LogP contribution in [0.1, 0.15) is 0 Å². The second-order valence-electron chi connectivity index (χ2n) is 2.76. The van der Waals surface area contributed by atoms with Gasteiger partial charge < -0.3 is 5.32 Å². The summed E-state index contributed by atoms with van der Waals surface area (Å²) >= 11 is 5.60. The highest BCUT2D eigenvalue weighted by molar-refractivity contribution is 8.13. The molecule has 1 aromatic rings. The molecule has 1 N–H and O–H groups in total. The van der Waals surface area contributed by atoms with Gasteiger partial charge in [0.2, 0.25) is 0 Å². The van der Waals surface area contributed by atoms with Crippen molar-refractivity contribution in [2.75, 3.05) is 12.0 Å². The monoisotopic (exact) mass is 285 g/mol. The van der Waals surface area contributed by atoms with Gasteiger partial charge in [-0.25, -0.2) is 12.8 Å². The fourth-order valence-corrected chi connectivity index (χ4v) is 2.45. The fourth-order valence-electron chi connectivity index (χ4n) is 0.962. The largest absolute Gasteiger partial charge is 0.324 e. The highest BCUT2D eigenvalue weighted by Gasteiger charge is 2.15. The molecule has 0 saturated carbocycles. The molecular formula is C8H6Cl2FNO3S. The molecule has 0 heterocycles. The van der Waals surface area contributed by atoms with E-state index < -0.39 is 21.6 Å². The second-order valence-corrected chi connectivity index (χ2v) is 5.71. The van der Waals surface area contributed by atoms with Gasteiger partial charge >= 0.3 is 0 Å². The van der Waals surface area contributed by atoms with E-state index in [1.807, 2.05) is 0 Å². The highest BCUT2D eigenvalue weighted by atomic mass is 35.7. The van der Waals surface area contributed by atoms with Crippen molar-refractivity contribution in [1.82, 2.24) is 0 Å². The molecule has 0 unspecified atom stereocenters. The first kappa shape index (κ1) is 13.2. The molecule has 0 spiro atoms. The third-order valence-corrected chi connectivity index (χ3v) is 3.40. The van der Waals surface area contributed by atoms with Crippen LogP contribution in [0, 0.1) is 0 Å². The Hall–Kier alpha value is -0.850. The molecule has 0 bridgehead atoms. The molecule has 1 amide bonds. The molecule has 0 aliphatic heterocycles. The molecule has 0 atom stereocenters. The molecule has 0 aromatic heterocycles. The Labute approximate surface area is 101 Å². The Bertz CT molecular complexity index is 518. The normalized spacial score (nSPS) is 11.2. The Morgan fingerprint density at radius 3 is 2.56 bits per heavy atom. The maximum atomic E-state index is 11.9. The average molecular weight is 286 g/mol. The summed E-state index contributed by atoms with van der Waals surface area (Å²) in [6, 6.07) is 3.63. The number of nitrogens with one attached hydrogen (secondary N) is 1. The minimum absolute atomic E-state index is 0.0757. The number of rotatable bonds is 3. The van der Waals surface area contributed by atoms with Gasteiger partial charge in [0.1, 0.15) is 4.90 Å². The number of amides is 1. The van der Waals surface area contributed by atoms with Crippen LogP contribution in [0.5, 0.6) is 0 Å². The van der Waals surface area contributed by atoms with Crippen molar-refractivity contribution in [3.8, 4) is 0 Å². The van der Waals surface area contributed by atoms with Gasteiger partial charge in [0, 0.05) is 16.4 Å². The van der Waals surface area contributed by atoms with Crippen LogP contribution in [-0.2, 0) is 13.8 Å². The molecule has 0 aliphatic carbocycles. The maximum absolute atomic E-state index is 11.9. The zero-order valence-corrected chi connectivity index (χ0v) is 10.0. The lowest BCUT2D eigenvalue weighted by Crippen LogP contribution is -2.13. The van der Waals surface area contributed by atoms with Gasteiger partial charge in [0.25, 0.3) is 15.0 Å². The fraction of sp³-hybridized carbons (Fsp3) is 0.125. The van der Waals surface area contributed by atoms with Crippen LogP contribution < -0.4 is 5.32 Å². The number of benzene rings is 1. The van der Waals surface area contributed by atoms with Crippen LogP contribution in [0.15, 0.2) is 23.1 Å². The molecule has 0 fully saturated rings. The maximum Gasteiger partial charge on any atom is 0.262 e. The van der Waals surface area contributed by atoms with E-state index in [2.05, 4.69) is 5.32 Å². The third-order valence-electron chi connectivity index (χ3n) is 1.60. The van der Waals surface area contributed by atoms with Gasteiger partial charge in [-0.05, 0) is 18.2 Å². The van der Waals surface area contributed by atoms with Gasteiger partial charge in [-0.15, -0.1) is 0 Å². The number of hydrogen-bond donors (Lipinski definition) is 1. The number of anilines is 1. The summed E-state index contributed by atoms with van der Waals surface area (Å²) in [7, 11) is 1.10. The second kappa shape index (κ2) is 4.99. The SMILES string of the molecule is O=C(CF)Nc1ccc(Cl)c(S(=O)(=O)Cl)c1. The number of hydrogen-bond acceptors (Lipinski definition) is 3. The molecular weight excluding hydrogens is 280 g/mol. The zero-order chi connectivity index (χ0) is 12.3. The summed E-state index contributed by atoms with van der Waals surface area (Å²) in [5, 5.41) is 2.06. The minimum atomic E-state index is -4.00. The lowest BCUT2D eigenvalue weighted by atomic mass is 10.3. The Morgan fingerprint density at radius 1 is 1.44 bits per heavy atom. The molecule has 4 nitrogen and oxygen atoms in total. The van der Waals surface area contributed by atoms with Crippen molar-refractivity contribution in [1.29, 1.82) is 0 Å². The standard InChI is InChI=1S/C8H6Cl2FNO3S/c9-6-2-1-5(12-8(13)4-11)3-7(6)16(10,14)15/h1-3H,4H2,(H,12,13). The van der Waals surface area contributed by atoms with Crippen LogP contribution in [0.3, 0.4) is 0 Å². The van der Waals surface area contributed by atoms with E-state index >= 15 is 0 Å². The summed E-state index contributed by atoms with van der Waals surface area (Å²) in [4.78, 5) is 10.4. The van der Waals surface area contributed by atoms with Gasteiger partial charge in [0.15, 0.2) is 6.67 Å². The van der Waals surface area contributed by atoms with Crippen molar-refractivity contribution in [2.45, 2.75) is 4.90 Å². The molecule has 1 rings (SSSR count). The van der Waals surface area contributed by atoms with Crippen LogP contribution in [0.25, 0.3) is 0 Å². The first-order chi connectivity index (χ1) is 7.34. The van der Waals surface area contributed by atoms with Crippen LogP contribution in [0.4, 0.5) is 10.1 Å². The van der Waals surface area contributed by atoms with Crippen molar-refractivity contribution >= 4 is 42.9 Å². The van der Waals surface area contributed by atoms with E-state index in [0.717, 1.165) is 6.07 Å². The number of carbonyl (C=O) groups excluding carboxylic acids is 1. The molecule has 0 aliphatic rings. The van der Waals surface area contributed by atoms with E-state index in [1.165, 1.54) is 12.1 Å². The van der Waals surface area contributed by atoms with Crippen molar-refractivity contribution in [2.24, 2.45) is 0 Å². The van der Waals surface area contributed by atoms with Crippen molar-refractivity contribution in [3.63, 3.8) is 0 Å². The van der Waals surface area contributed by atoms with Crippen molar-refractivity contribution < 1.29 is 17.6 Å². The zero-order valence-electron chi connectivity index (χ0n) is 7.71. The van der Waals surface area contributed by atoms with Gasteiger partial charge in [-0.1, -0.05) is 11.6 Å². The van der Waals surface area contributed by atoms with Gasteiger partial charge in [0.05, 0.1) is 5.02 Å². The summed E-state index contributed by atoms with van der Waals surface area (Å²) in [5.41, 5.74) is 0.103. The van der Waals surface area contributed by atoms with Crippen LogP contribution in [-0.4, -0.2) is 21.0 Å². The predicted molar refractivity (Wildman–Crippen MR) is 59.1 cm³/mol. The first-order valence-electron chi connectivity index (χ1n) is 3.94. The Balaban J connectivity index is 3.13. The van der Waals surface area contributed by atoms with Gasteiger partial charge in [-0.2, -0.15) is 0 Å². The minimum Gasteiger partial charge on any atom is -0.324 e.